The molecule has 1 aromatic carbocycles. The Morgan fingerprint density at radius 3 is 2.25 bits per heavy atom. The van der Waals surface area contributed by atoms with Crippen LogP contribution < -0.4 is 10.5 Å². The fourth-order valence-electron chi connectivity index (χ4n) is 3.15. The lowest BCUT2D eigenvalue weighted by molar-refractivity contribution is 0.193. The van der Waals surface area contributed by atoms with Gasteiger partial charge in [-0.05, 0) is 31.0 Å². The van der Waals surface area contributed by atoms with Crippen LogP contribution in [0.4, 0.5) is 5.13 Å². The van der Waals surface area contributed by atoms with E-state index in [-0.39, 0.29) is 6.10 Å². The summed E-state index contributed by atoms with van der Waals surface area (Å²) in [4.78, 5) is 22.7. The van der Waals surface area contributed by atoms with Gasteiger partial charge in [0, 0.05) is 24.2 Å². The predicted octanol–water partition coefficient (Wildman–Crippen LogP) is 6.18. The Balaban J connectivity index is 1.84. The van der Waals surface area contributed by atoms with Crippen LogP contribution in [0.1, 0.15) is 26.7 Å². The zero-order valence-electron chi connectivity index (χ0n) is 17.4. The molecule has 0 fully saturated rings. The van der Waals surface area contributed by atoms with Gasteiger partial charge in [0.25, 0.3) is 0 Å². The van der Waals surface area contributed by atoms with E-state index in [0.717, 1.165) is 17.7 Å². The molecule has 4 aromatic rings. The number of ether oxygens (including phenoxy) is 1. The van der Waals surface area contributed by atoms with Crippen molar-refractivity contribution in [1.82, 2.24) is 24.9 Å². The minimum atomic E-state index is 0.0960. The minimum Gasteiger partial charge on any atom is -0.490 e. The summed E-state index contributed by atoms with van der Waals surface area (Å²) in [5, 5.41) is 1.30. The number of anilines is 1. The van der Waals surface area contributed by atoms with E-state index < -0.39 is 0 Å². The van der Waals surface area contributed by atoms with E-state index in [1.807, 2.05) is 0 Å². The fourth-order valence-corrected chi connectivity index (χ4v) is 4.45. The van der Waals surface area contributed by atoms with Crippen LogP contribution in [0.15, 0.2) is 43.0 Å². The molecule has 4 rings (SSSR count). The van der Waals surface area contributed by atoms with Crippen molar-refractivity contribution in [3.8, 4) is 39.1 Å². The van der Waals surface area contributed by atoms with Crippen LogP contribution in [0, 0.1) is 0 Å². The molecule has 0 amide bonds. The largest absolute Gasteiger partial charge is 0.490 e. The molecular weight excluding hydrogens is 467 g/mol. The second-order valence-corrected chi connectivity index (χ2v) is 8.81. The quantitative estimate of drug-likeness (QED) is 0.332. The second-order valence-electron chi connectivity index (χ2n) is 6.93. The predicted molar refractivity (Wildman–Crippen MR) is 129 cm³/mol. The van der Waals surface area contributed by atoms with Crippen LogP contribution >= 0.6 is 34.5 Å². The van der Waals surface area contributed by atoms with Crippen LogP contribution in [0.2, 0.25) is 10.0 Å². The van der Waals surface area contributed by atoms with Crippen molar-refractivity contribution in [3.05, 3.63) is 53.0 Å². The summed E-state index contributed by atoms with van der Waals surface area (Å²) in [7, 11) is 0. The summed E-state index contributed by atoms with van der Waals surface area (Å²) < 4.78 is 6.01. The number of nitrogen functional groups attached to an aromatic ring is 1. The topological polar surface area (TPSA) is 99.7 Å². The third-order valence-electron chi connectivity index (χ3n) is 4.78. The second kappa shape index (κ2) is 9.77. The normalized spacial score (nSPS) is 11.2. The Hall–Kier alpha value is -2.81. The molecule has 10 heteroatoms. The van der Waals surface area contributed by atoms with Gasteiger partial charge in [-0.1, -0.05) is 48.4 Å². The van der Waals surface area contributed by atoms with E-state index in [2.05, 4.69) is 38.8 Å². The van der Waals surface area contributed by atoms with Gasteiger partial charge in [0.2, 0.25) is 0 Å². The standard InChI is InChI=1S/C22H20Cl2N6OS/c1-3-12(4-2)31-13-7-14(23)20(15(24)8-13)17-9-16(19-11-28-22(25)32-19)29-21(30-17)18-10-26-5-6-27-18/h5-12H,3-4H2,1-2H3,(H2,25,28). The summed E-state index contributed by atoms with van der Waals surface area (Å²) in [6.45, 7) is 4.16. The van der Waals surface area contributed by atoms with Crippen LogP contribution in [0.25, 0.3) is 33.3 Å². The molecule has 3 aromatic heterocycles. The van der Waals surface area contributed by atoms with Gasteiger partial charge in [-0.25, -0.2) is 19.9 Å². The zero-order chi connectivity index (χ0) is 22.7. The number of halogens is 2. The molecule has 0 atom stereocenters. The van der Waals surface area contributed by atoms with E-state index in [0.29, 0.717) is 49.4 Å². The lowest BCUT2D eigenvalue weighted by Gasteiger charge is -2.17. The highest BCUT2D eigenvalue weighted by atomic mass is 35.5. The highest BCUT2D eigenvalue weighted by Crippen LogP contribution is 2.40. The molecule has 164 valence electrons. The number of thiazole rings is 1. The molecule has 32 heavy (non-hydrogen) atoms. The number of hydrogen-bond acceptors (Lipinski definition) is 8. The molecule has 0 aliphatic rings. The summed E-state index contributed by atoms with van der Waals surface area (Å²) in [6.07, 6.45) is 8.31. The van der Waals surface area contributed by atoms with Crippen LogP contribution in [0.3, 0.4) is 0 Å². The number of nitrogens with two attached hydrogens (primary N) is 1. The maximum atomic E-state index is 6.66. The van der Waals surface area contributed by atoms with Crippen LogP contribution in [0.5, 0.6) is 5.75 Å². The summed E-state index contributed by atoms with van der Waals surface area (Å²) in [5.74, 6) is 1.01. The Kier molecular flexibility index (Phi) is 6.83. The van der Waals surface area contributed by atoms with E-state index in [9.17, 15) is 0 Å². The van der Waals surface area contributed by atoms with Crippen LogP contribution in [-0.2, 0) is 0 Å². The summed E-state index contributed by atoms with van der Waals surface area (Å²) >= 11 is 14.6. The SMILES string of the molecule is CCC(CC)Oc1cc(Cl)c(-c2cc(-c3cnc(N)s3)nc(-c3cnccn3)n2)c(Cl)c1. The molecule has 0 aliphatic carbocycles. The first kappa shape index (κ1) is 22.4. The Labute approximate surface area is 199 Å². The Morgan fingerprint density at radius 1 is 0.938 bits per heavy atom. The lowest BCUT2D eigenvalue weighted by atomic mass is 10.1. The fraction of sp³-hybridized carbons (Fsp3) is 0.227. The number of nitrogens with zero attached hydrogens (tertiary/aromatic N) is 5. The van der Waals surface area contributed by atoms with E-state index >= 15 is 0 Å². The number of aromatic nitrogens is 5. The maximum absolute atomic E-state index is 6.66. The first-order valence-electron chi connectivity index (χ1n) is 10.0. The Morgan fingerprint density at radius 2 is 1.66 bits per heavy atom. The van der Waals surface area contributed by atoms with E-state index in [1.165, 1.54) is 11.3 Å². The molecule has 0 saturated heterocycles. The van der Waals surface area contributed by atoms with Crippen molar-refractivity contribution in [2.75, 3.05) is 5.73 Å². The Bertz CT molecular complexity index is 1210. The highest BCUT2D eigenvalue weighted by molar-refractivity contribution is 7.18. The molecule has 0 spiro atoms. The van der Waals surface area contributed by atoms with Gasteiger partial charge in [0.15, 0.2) is 11.0 Å². The first-order valence-corrected chi connectivity index (χ1v) is 11.6. The smallest absolute Gasteiger partial charge is 0.180 e. The van der Waals surface area contributed by atoms with Gasteiger partial charge in [-0.2, -0.15) is 0 Å². The first-order chi connectivity index (χ1) is 15.5. The van der Waals surface area contributed by atoms with E-state index in [4.69, 9.17) is 33.7 Å². The minimum absolute atomic E-state index is 0.0960. The molecule has 0 bridgehead atoms. The van der Waals surface area contributed by atoms with Crippen molar-refractivity contribution in [2.45, 2.75) is 32.8 Å². The lowest BCUT2D eigenvalue weighted by Crippen LogP contribution is -2.13. The van der Waals surface area contributed by atoms with Gasteiger partial charge < -0.3 is 10.5 Å². The van der Waals surface area contributed by atoms with Gasteiger partial charge in [0.1, 0.15) is 11.4 Å². The third-order valence-corrected chi connectivity index (χ3v) is 6.22. The van der Waals surface area contributed by atoms with Crippen LogP contribution in [-0.4, -0.2) is 31.0 Å². The highest BCUT2D eigenvalue weighted by Gasteiger charge is 2.18. The summed E-state index contributed by atoms with van der Waals surface area (Å²) in [6, 6.07) is 5.33. The van der Waals surface area contributed by atoms with Crippen molar-refractivity contribution in [3.63, 3.8) is 0 Å². The van der Waals surface area contributed by atoms with Crippen molar-refractivity contribution >= 4 is 39.7 Å². The van der Waals surface area contributed by atoms with Gasteiger partial charge in [0.05, 0.1) is 38.6 Å². The molecular formula is C22H20Cl2N6OS. The van der Waals surface area contributed by atoms with Crippen molar-refractivity contribution < 1.29 is 4.74 Å². The van der Waals surface area contributed by atoms with E-state index in [1.54, 1.807) is 43.0 Å². The average molecular weight is 487 g/mol. The zero-order valence-corrected chi connectivity index (χ0v) is 19.7. The molecule has 0 saturated carbocycles. The molecule has 3 heterocycles. The molecule has 2 N–H and O–H groups in total. The number of rotatable bonds is 7. The monoisotopic (exact) mass is 486 g/mol. The number of benzene rings is 1. The van der Waals surface area contributed by atoms with Crippen molar-refractivity contribution in [1.29, 1.82) is 0 Å². The van der Waals surface area contributed by atoms with Crippen molar-refractivity contribution in [2.24, 2.45) is 0 Å². The molecule has 7 nitrogen and oxygen atoms in total. The van der Waals surface area contributed by atoms with Gasteiger partial charge in [-0.15, -0.1) is 0 Å². The van der Waals surface area contributed by atoms with Gasteiger partial charge >= 0.3 is 0 Å². The maximum Gasteiger partial charge on any atom is 0.180 e. The van der Waals surface area contributed by atoms with Gasteiger partial charge in [-0.3, -0.25) is 4.98 Å². The molecule has 0 radical (unpaired) electrons. The third kappa shape index (κ3) is 4.82. The summed E-state index contributed by atoms with van der Waals surface area (Å²) in [5.41, 5.74) is 8.11. The molecule has 0 aliphatic heterocycles. The number of hydrogen-bond donors (Lipinski definition) is 1. The molecule has 0 unspecified atom stereocenters. The average Bonchev–Trinajstić information content (AvgIpc) is 3.24.